The van der Waals surface area contributed by atoms with Crippen LogP contribution in [0, 0.1) is 6.92 Å². The fourth-order valence-electron chi connectivity index (χ4n) is 2.97. The second kappa shape index (κ2) is 9.93. The fourth-order valence-corrected chi connectivity index (χ4v) is 4.93. The lowest BCUT2D eigenvalue weighted by Crippen LogP contribution is -2.30. The monoisotopic (exact) mass is 431 g/mol. The van der Waals surface area contributed by atoms with Crippen LogP contribution in [-0.4, -0.2) is 32.5 Å². The molecular formula is C21H25N3O3S2. The summed E-state index contributed by atoms with van der Waals surface area (Å²) < 4.78 is 28.0. The van der Waals surface area contributed by atoms with Gasteiger partial charge in [0.05, 0.1) is 10.6 Å². The molecule has 2 N–H and O–H groups in total. The SMILES string of the molecule is Cc1ccccc1SCC(=O)Nc1cccc(S(=O)(=O)NC2=NCCCCC2)c1. The molecule has 8 heteroatoms. The third-order valence-corrected chi connectivity index (χ3v) is 7.06. The van der Waals surface area contributed by atoms with Crippen molar-refractivity contribution >= 4 is 39.2 Å². The number of nitrogens with one attached hydrogen (secondary N) is 2. The van der Waals surface area contributed by atoms with E-state index >= 15 is 0 Å². The summed E-state index contributed by atoms with van der Waals surface area (Å²) in [7, 11) is -3.73. The van der Waals surface area contributed by atoms with Crippen LogP contribution in [0.4, 0.5) is 5.69 Å². The highest BCUT2D eigenvalue weighted by atomic mass is 32.2. The van der Waals surface area contributed by atoms with Crippen LogP contribution in [-0.2, 0) is 14.8 Å². The number of aryl methyl sites for hydroxylation is 1. The topological polar surface area (TPSA) is 87.6 Å². The molecule has 0 radical (unpaired) electrons. The second-order valence-electron chi connectivity index (χ2n) is 6.87. The van der Waals surface area contributed by atoms with Crippen LogP contribution in [0.15, 0.2) is 63.3 Å². The Kier molecular flexibility index (Phi) is 7.33. The number of amides is 1. The molecule has 0 bridgehead atoms. The van der Waals surface area contributed by atoms with Crippen molar-refractivity contribution in [3.8, 4) is 0 Å². The van der Waals surface area contributed by atoms with Gasteiger partial charge in [-0.3, -0.25) is 14.5 Å². The molecule has 2 aromatic carbocycles. The molecule has 0 atom stereocenters. The van der Waals surface area contributed by atoms with Gasteiger partial charge in [0.15, 0.2) is 0 Å². The average Bonchev–Trinajstić information content (AvgIpc) is 2.96. The van der Waals surface area contributed by atoms with Crippen molar-refractivity contribution in [2.75, 3.05) is 17.6 Å². The highest BCUT2D eigenvalue weighted by Crippen LogP contribution is 2.22. The Balaban J connectivity index is 1.63. The van der Waals surface area contributed by atoms with Crippen LogP contribution in [0.5, 0.6) is 0 Å². The summed E-state index contributed by atoms with van der Waals surface area (Å²) in [6.45, 7) is 2.65. The van der Waals surface area contributed by atoms with Crippen LogP contribution < -0.4 is 10.0 Å². The Morgan fingerprint density at radius 2 is 1.93 bits per heavy atom. The van der Waals surface area contributed by atoms with Crippen LogP contribution in [0.3, 0.4) is 0 Å². The number of aliphatic imine (C=N–C) groups is 1. The Morgan fingerprint density at radius 3 is 2.76 bits per heavy atom. The van der Waals surface area contributed by atoms with Gasteiger partial charge in [0.2, 0.25) is 5.91 Å². The first-order chi connectivity index (χ1) is 13.9. The molecule has 0 spiro atoms. The van der Waals surface area contributed by atoms with Gasteiger partial charge < -0.3 is 5.32 Å². The number of carbonyl (C=O) groups excluding carboxylic acids is 1. The zero-order valence-electron chi connectivity index (χ0n) is 16.3. The highest BCUT2D eigenvalue weighted by Gasteiger charge is 2.18. The van der Waals surface area contributed by atoms with E-state index in [9.17, 15) is 13.2 Å². The zero-order valence-corrected chi connectivity index (χ0v) is 18.0. The van der Waals surface area contributed by atoms with Gasteiger partial charge in [-0.2, -0.15) is 0 Å². The largest absolute Gasteiger partial charge is 0.325 e. The summed E-state index contributed by atoms with van der Waals surface area (Å²) in [5.41, 5.74) is 1.57. The number of thioether (sulfide) groups is 1. The van der Waals surface area contributed by atoms with E-state index in [-0.39, 0.29) is 16.6 Å². The number of carbonyl (C=O) groups is 1. The molecule has 6 nitrogen and oxygen atoms in total. The van der Waals surface area contributed by atoms with Crippen molar-refractivity contribution in [1.82, 2.24) is 4.72 Å². The molecule has 0 unspecified atom stereocenters. The average molecular weight is 432 g/mol. The quantitative estimate of drug-likeness (QED) is 0.678. The number of amidine groups is 1. The molecule has 2 aromatic rings. The number of anilines is 1. The first-order valence-electron chi connectivity index (χ1n) is 9.58. The number of nitrogens with zero attached hydrogens (tertiary/aromatic N) is 1. The lowest BCUT2D eigenvalue weighted by atomic mass is 10.2. The van der Waals surface area contributed by atoms with Gasteiger partial charge in [0, 0.05) is 23.5 Å². The van der Waals surface area contributed by atoms with Crippen molar-refractivity contribution in [3.05, 3.63) is 54.1 Å². The molecule has 0 fully saturated rings. The second-order valence-corrected chi connectivity index (χ2v) is 9.57. The van der Waals surface area contributed by atoms with Crippen LogP contribution >= 0.6 is 11.8 Å². The van der Waals surface area contributed by atoms with E-state index in [1.807, 2.05) is 31.2 Å². The summed E-state index contributed by atoms with van der Waals surface area (Å²) in [4.78, 5) is 17.8. The lowest BCUT2D eigenvalue weighted by Gasteiger charge is -2.11. The number of hydrogen-bond donors (Lipinski definition) is 2. The predicted molar refractivity (Wildman–Crippen MR) is 118 cm³/mol. The van der Waals surface area contributed by atoms with Crippen molar-refractivity contribution in [2.45, 2.75) is 42.4 Å². The van der Waals surface area contributed by atoms with E-state index in [4.69, 9.17) is 0 Å². The maximum absolute atomic E-state index is 12.7. The third kappa shape index (κ3) is 6.33. The van der Waals surface area contributed by atoms with E-state index in [2.05, 4.69) is 15.0 Å². The molecule has 0 saturated heterocycles. The summed E-state index contributed by atoms with van der Waals surface area (Å²) in [5, 5.41) is 2.78. The van der Waals surface area contributed by atoms with E-state index in [1.165, 1.54) is 23.9 Å². The van der Waals surface area contributed by atoms with Crippen molar-refractivity contribution in [3.63, 3.8) is 0 Å². The number of benzene rings is 2. The van der Waals surface area contributed by atoms with Crippen molar-refractivity contribution < 1.29 is 13.2 Å². The van der Waals surface area contributed by atoms with E-state index in [0.29, 0.717) is 24.5 Å². The molecule has 1 aliphatic rings. The molecule has 1 aliphatic heterocycles. The Bertz CT molecular complexity index is 1000. The summed E-state index contributed by atoms with van der Waals surface area (Å²) >= 11 is 1.45. The van der Waals surface area contributed by atoms with E-state index < -0.39 is 10.0 Å². The highest BCUT2D eigenvalue weighted by molar-refractivity contribution is 8.00. The minimum atomic E-state index is -3.73. The summed E-state index contributed by atoms with van der Waals surface area (Å²) in [6.07, 6.45) is 3.59. The first-order valence-corrected chi connectivity index (χ1v) is 12.1. The Labute approximate surface area is 176 Å². The molecule has 0 aromatic heterocycles. The smallest absolute Gasteiger partial charge is 0.262 e. The van der Waals surface area contributed by atoms with Crippen molar-refractivity contribution in [2.24, 2.45) is 4.99 Å². The van der Waals surface area contributed by atoms with E-state index in [1.54, 1.807) is 12.1 Å². The summed E-state index contributed by atoms with van der Waals surface area (Å²) in [6, 6.07) is 14.1. The third-order valence-electron chi connectivity index (χ3n) is 4.51. The van der Waals surface area contributed by atoms with Gasteiger partial charge in [0.1, 0.15) is 5.84 Å². The maximum Gasteiger partial charge on any atom is 0.262 e. The number of rotatable bonds is 6. The number of hydrogen-bond acceptors (Lipinski definition) is 5. The van der Waals surface area contributed by atoms with Gasteiger partial charge in [-0.1, -0.05) is 30.7 Å². The first kappa shape index (κ1) is 21.4. The minimum Gasteiger partial charge on any atom is -0.325 e. The van der Waals surface area contributed by atoms with Gasteiger partial charge in [-0.15, -0.1) is 11.8 Å². The van der Waals surface area contributed by atoms with Crippen molar-refractivity contribution in [1.29, 1.82) is 0 Å². The molecular weight excluding hydrogens is 406 g/mol. The van der Waals surface area contributed by atoms with Crippen LogP contribution in [0.25, 0.3) is 0 Å². The number of sulfonamides is 1. The van der Waals surface area contributed by atoms with Gasteiger partial charge in [-0.05, 0) is 49.6 Å². The lowest BCUT2D eigenvalue weighted by molar-refractivity contribution is -0.113. The van der Waals surface area contributed by atoms with Gasteiger partial charge in [-0.25, -0.2) is 8.42 Å². The van der Waals surface area contributed by atoms with Gasteiger partial charge in [0.25, 0.3) is 10.0 Å². The molecule has 0 saturated carbocycles. The van der Waals surface area contributed by atoms with Crippen LogP contribution in [0.2, 0.25) is 0 Å². The Hall–Kier alpha value is -2.32. The predicted octanol–water partition coefficient (Wildman–Crippen LogP) is 3.98. The molecule has 29 heavy (non-hydrogen) atoms. The summed E-state index contributed by atoms with van der Waals surface area (Å²) in [5.74, 6) is 0.567. The van der Waals surface area contributed by atoms with E-state index in [0.717, 1.165) is 29.7 Å². The molecule has 154 valence electrons. The maximum atomic E-state index is 12.7. The molecule has 3 rings (SSSR count). The standard InChI is InChI=1S/C21H25N3O3S2/c1-16-8-4-5-11-19(16)28-15-21(25)23-17-9-7-10-18(14-17)29(26,27)24-20-12-3-2-6-13-22-20/h4-5,7-11,14H,2-3,6,12-13,15H2,1H3,(H,22,24)(H,23,25). The Morgan fingerprint density at radius 1 is 1.10 bits per heavy atom. The minimum absolute atomic E-state index is 0.105. The fraction of sp³-hybridized carbons (Fsp3) is 0.333. The molecule has 0 aliphatic carbocycles. The zero-order chi connectivity index (χ0) is 20.7. The van der Waals surface area contributed by atoms with Gasteiger partial charge >= 0.3 is 0 Å². The normalized spacial score (nSPS) is 14.6. The van der Waals surface area contributed by atoms with Crippen LogP contribution in [0.1, 0.15) is 31.2 Å². The molecule has 1 heterocycles. The molecule has 1 amide bonds.